The third-order valence-electron chi connectivity index (χ3n) is 2.91. The molecule has 2 aromatic rings. The van der Waals surface area contributed by atoms with Crippen LogP contribution in [0, 0.1) is 6.07 Å². The number of benzene rings is 2. The second-order valence-electron chi connectivity index (χ2n) is 3.84. The molecule has 2 aromatic carbocycles. The van der Waals surface area contributed by atoms with Crippen molar-refractivity contribution in [3.63, 3.8) is 0 Å². The second kappa shape index (κ2) is 3.49. The van der Waals surface area contributed by atoms with Crippen LogP contribution in [0.3, 0.4) is 0 Å². The van der Waals surface area contributed by atoms with E-state index < -0.39 is 0 Å². The van der Waals surface area contributed by atoms with Crippen LogP contribution in [0.25, 0.3) is 11.1 Å². The molecule has 3 rings (SSSR count). The Balaban J connectivity index is 2.18. The summed E-state index contributed by atoms with van der Waals surface area (Å²) in [6.45, 7) is 0. The quantitative estimate of drug-likeness (QED) is 0.580. The zero-order valence-electron chi connectivity index (χ0n) is 8.26. The van der Waals surface area contributed by atoms with Gasteiger partial charge >= 0.3 is 0 Å². The highest BCUT2D eigenvalue weighted by Gasteiger charge is 2.17. The van der Waals surface area contributed by atoms with E-state index in [1.54, 1.807) is 0 Å². The lowest BCUT2D eigenvalue weighted by molar-refractivity contribution is 1.24. The summed E-state index contributed by atoms with van der Waals surface area (Å²) in [5.74, 6) is 0. The van der Waals surface area contributed by atoms with Gasteiger partial charge in [-0.2, -0.15) is 0 Å². The first-order valence-corrected chi connectivity index (χ1v) is 6.19. The van der Waals surface area contributed by atoms with Crippen LogP contribution in [-0.4, -0.2) is 0 Å². The van der Waals surface area contributed by atoms with Gasteiger partial charge in [0.15, 0.2) is 0 Å². The van der Waals surface area contributed by atoms with Gasteiger partial charge in [-0.1, -0.05) is 52.3 Å². The first-order valence-electron chi connectivity index (χ1n) is 5.07. The lowest BCUT2D eigenvalue weighted by Gasteiger charge is -2.01. The highest BCUT2D eigenvalue weighted by atomic mass is 79.9. The molecule has 0 atom stereocenters. The summed E-state index contributed by atoms with van der Waals surface area (Å²) in [4.78, 5) is 0. The lowest BCUT2D eigenvalue weighted by Crippen LogP contribution is -1.84. The van der Waals surface area contributed by atoms with E-state index in [0.29, 0.717) is 0 Å². The minimum Gasteiger partial charge on any atom is -0.0876 e. The van der Waals surface area contributed by atoms with Gasteiger partial charge in [-0.3, -0.25) is 0 Å². The van der Waals surface area contributed by atoms with Gasteiger partial charge in [0.2, 0.25) is 0 Å². The normalized spacial score (nSPS) is 12.3. The molecule has 15 heavy (non-hydrogen) atoms. The first kappa shape index (κ1) is 9.17. The van der Waals surface area contributed by atoms with Crippen molar-refractivity contribution >= 4 is 15.9 Å². The molecule has 0 nitrogen and oxygen atoms in total. The topological polar surface area (TPSA) is 0 Å². The van der Waals surface area contributed by atoms with Crippen LogP contribution >= 0.6 is 15.9 Å². The molecule has 0 amide bonds. The van der Waals surface area contributed by atoms with Gasteiger partial charge in [0.05, 0.1) is 0 Å². The van der Waals surface area contributed by atoms with Crippen molar-refractivity contribution in [2.75, 3.05) is 0 Å². The van der Waals surface area contributed by atoms with Gasteiger partial charge in [-0.25, -0.2) is 0 Å². The van der Waals surface area contributed by atoms with Crippen molar-refractivity contribution < 1.29 is 0 Å². The highest BCUT2D eigenvalue weighted by Crippen LogP contribution is 2.36. The monoisotopic (exact) mass is 257 g/mol. The molecule has 73 valence electrons. The minimum atomic E-state index is 0.886. The van der Waals surface area contributed by atoms with Crippen molar-refractivity contribution in [1.29, 1.82) is 0 Å². The van der Waals surface area contributed by atoms with E-state index >= 15 is 0 Å². The molecule has 0 spiro atoms. The molecule has 0 heterocycles. The molecule has 0 fully saturated rings. The van der Waals surface area contributed by atoms with Crippen LogP contribution in [0.2, 0.25) is 0 Å². The zero-order valence-corrected chi connectivity index (χ0v) is 9.84. The third kappa shape index (κ3) is 1.42. The Morgan fingerprint density at radius 3 is 2.80 bits per heavy atom. The second-order valence-corrected chi connectivity index (χ2v) is 4.40. The van der Waals surface area contributed by atoms with E-state index in [1.165, 1.54) is 27.8 Å². The Morgan fingerprint density at radius 1 is 1.07 bits per heavy atom. The average Bonchev–Trinajstić information content (AvgIpc) is 2.66. The van der Waals surface area contributed by atoms with Crippen LogP contribution in [0.1, 0.15) is 16.7 Å². The molecular formula is C14H10Br. The van der Waals surface area contributed by atoms with E-state index in [9.17, 15) is 0 Å². The molecule has 1 aliphatic carbocycles. The number of fused-ring (bicyclic) bond motifs is 3. The summed E-state index contributed by atoms with van der Waals surface area (Å²) in [6, 6.07) is 16.5. The van der Waals surface area contributed by atoms with Gasteiger partial charge in [-0.05, 0) is 40.3 Å². The van der Waals surface area contributed by atoms with Crippen molar-refractivity contribution in [3.05, 3.63) is 59.2 Å². The SMILES string of the molecule is BrCc1[c]c2c(cc1)-c1ccccc1C2. The predicted octanol–water partition coefficient (Wildman–Crippen LogP) is 3.95. The maximum absolute atomic E-state index is 3.47. The van der Waals surface area contributed by atoms with Crippen LogP contribution in [0.15, 0.2) is 36.4 Å². The van der Waals surface area contributed by atoms with Crippen molar-refractivity contribution in [2.24, 2.45) is 0 Å². The summed E-state index contributed by atoms with van der Waals surface area (Å²) in [6.07, 6.45) is 1.03. The predicted molar refractivity (Wildman–Crippen MR) is 66.2 cm³/mol. The summed E-state index contributed by atoms with van der Waals surface area (Å²) in [5, 5.41) is 0.886. The minimum absolute atomic E-state index is 0.886. The molecule has 0 unspecified atom stereocenters. The fourth-order valence-corrected chi connectivity index (χ4v) is 2.51. The standard InChI is InChI=1S/C14H10Br/c15-9-10-5-6-14-12(7-10)8-11-3-1-2-4-13(11)14/h1-6H,8-9H2. The maximum Gasteiger partial charge on any atom is 0.0289 e. The van der Waals surface area contributed by atoms with E-state index in [2.05, 4.69) is 58.4 Å². The molecule has 0 bridgehead atoms. The fraction of sp³-hybridized carbons (Fsp3) is 0.143. The van der Waals surface area contributed by atoms with Gasteiger partial charge in [-0.15, -0.1) is 0 Å². The number of alkyl halides is 1. The Labute approximate surface area is 98.1 Å². The smallest absolute Gasteiger partial charge is 0.0289 e. The van der Waals surface area contributed by atoms with E-state index in [4.69, 9.17) is 0 Å². The summed E-state index contributed by atoms with van der Waals surface area (Å²) in [5.41, 5.74) is 6.74. The number of hydrogen-bond donors (Lipinski definition) is 0. The molecule has 1 heteroatoms. The average molecular weight is 258 g/mol. The summed E-state index contributed by atoms with van der Waals surface area (Å²) < 4.78 is 0. The molecule has 0 saturated heterocycles. The summed E-state index contributed by atoms with van der Waals surface area (Å²) in [7, 11) is 0. The number of hydrogen-bond acceptors (Lipinski definition) is 0. The van der Waals surface area contributed by atoms with E-state index in [0.717, 1.165) is 11.8 Å². The lowest BCUT2D eigenvalue weighted by atomic mass is 10.0. The first-order chi connectivity index (χ1) is 7.38. The van der Waals surface area contributed by atoms with Crippen molar-refractivity contribution in [3.8, 4) is 11.1 Å². The van der Waals surface area contributed by atoms with Crippen LogP contribution in [0.5, 0.6) is 0 Å². The third-order valence-corrected chi connectivity index (χ3v) is 3.51. The van der Waals surface area contributed by atoms with Gasteiger partial charge in [0.25, 0.3) is 0 Å². The zero-order chi connectivity index (χ0) is 10.3. The molecule has 1 aliphatic rings. The largest absolute Gasteiger partial charge is 0.0876 e. The van der Waals surface area contributed by atoms with Crippen molar-refractivity contribution in [1.82, 2.24) is 0 Å². The number of halogens is 1. The van der Waals surface area contributed by atoms with Gasteiger partial charge < -0.3 is 0 Å². The Kier molecular flexibility index (Phi) is 2.14. The molecule has 0 saturated carbocycles. The van der Waals surface area contributed by atoms with E-state index in [-0.39, 0.29) is 0 Å². The van der Waals surface area contributed by atoms with E-state index in [1.807, 2.05) is 0 Å². The molecule has 0 aliphatic heterocycles. The highest BCUT2D eigenvalue weighted by molar-refractivity contribution is 9.08. The van der Waals surface area contributed by atoms with Crippen molar-refractivity contribution in [2.45, 2.75) is 11.8 Å². The molecule has 1 radical (unpaired) electrons. The van der Waals surface area contributed by atoms with Crippen LogP contribution < -0.4 is 0 Å². The number of rotatable bonds is 1. The molecule has 0 N–H and O–H groups in total. The fourth-order valence-electron chi connectivity index (χ4n) is 2.18. The Bertz CT molecular complexity index is 514. The summed E-state index contributed by atoms with van der Waals surface area (Å²) >= 11 is 3.47. The Hall–Kier alpha value is -1.08. The Morgan fingerprint density at radius 2 is 1.93 bits per heavy atom. The van der Waals surface area contributed by atoms with Gasteiger partial charge in [0, 0.05) is 5.33 Å². The molecular weight excluding hydrogens is 248 g/mol. The van der Waals surface area contributed by atoms with Crippen LogP contribution in [-0.2, 0) is 11.8 Å². The maximum atomic E-state index is 3.47. The van der Waals surface area contributed by atoms with Gasteiger partial charge in [0.1, 0.15) is 0 Å². The molecule has 0 aromatic heterocycles. The van der Waals surface area contributed by atoms with Crippen LogP contribution in [0.4, 0.5) is 0 Å².